The standard InChI is InChI=1S/C45H28N4O13/c50-30-24-25-29(36(56)40(60)37(57)31(25)51)49(28(24)35(55)32(52)26(30)27-33(53)38(58)41(61)39(59)34(27)54)21-16-15-20(23-19-13-7-8-14-22(19)62-42(21)23)45-47-43(17-9-3-1-4-10-17)46-44(48-45)18-11-5-2-6-12-18/h1-16,50-61H. The SMILES string of the molecule is Oc1c(O)c(O)c(-c2c(O)c(O)c3c(c2O)c2c(O)c(O)c(O)c(O)c2n3-c2ccc(-c3nc(-c4ccccc4)nc(-c4ccccc4)n3)c3c2oc2ccccc23)c(O)c1O. The van der Waals surface area contributed by atoms with Crippen LogP contribution in [0.3, 0.4) is 0 Å². The first-order valence-electron chi connectivity index (χ1n) is 18.4. The minimum absolute atomic E-state index is 0.0167. The molecule has 7 aromatic carbocycles. The fourth-order valence-electron chi connectivity index (χ4n) is 7.91. The predicted molar refractivity (Wildman–Crippen MR) is 223 cm³/mol. The van der Waals surface area contributed by atoms with Crippen molar-refractivity contribution >= 4 is 43.7 Å². The Bertz CT molecular complexity index is 3460. The van der Waals surface area contributed by atoms with Crippen LogP contribution >= 0.6 is 0 Å². The van der Waals surface area contributed by atoms with Crippen LogP contribution in [0.15, 0.2) is 101 Å². The van der Waals surface area contributed by atoms with E-state index in [-0.39, 0.29) is 17.1 Å². The van der Waals surface area contributed by atoms with Crippen LogP contribution in [0.1, 0.15) is 0 Å². The number of fused-ring (bicyclic) bond motifs is 6. The molecule has 0 radical (unpaired) electrons. The molecule has 0 atom stereocenters. The molecule has 0 aliphatic rings. The van der Waals surface area contributed by atoms with Gasteiger partial charge < -0.3 is 65.7 Å². The van der Waals surface area contributed by atoms with Gasteiger partial charge in [-0.05, 0) is 18.2 Å². The number of nitrogens with zero attached hydrogens (tertiary/aromatic N) is 4. The van der Waals surface area contributed by atoms with E-state index in [2.05, 4.69) is 0 Å². The Kier molecular flexibility index (Phi) is 7.85. The lowest BCUT2D eigenvalue weighted by Crippen LogP contribution is -2.01. The quantitative estimate of drug-likeness (QED) is 0.0577. The molecule has 12 N–H and O–H groups in total. The highest BCUT2D eigenvalue weighted by Crippen LogP contribution is 2.63. The van der Waals surface area contributed by atoms with Crippen LogP contribution < -0.4 is 0 Å². The topological polar surface area (TPSA) is 300 Å². The molecule has 0 bridgehead atoms. The first-order chi connectivity index (χ1) is 29.8. The molecule has 0 saturated carbocycles. The van der Waals surface area contributed by atoms with E-state index in [1.165, 1.54) is 6.07 Å². The molecular weight excluding hydrogens is 805 g/mol. The normalized spacial score (nSPS) is 11.7. The van der Waals surface area contributed by atoms with Crippen molar-refractivity contribution in [3.8, 4) is 120 Å². The Morgan fingerprint density at radius 1 is 0.371 bits per heavy atom. The number of furan rings is 1. The molecule has 17 nitrogen and oxygen atoms in total. The molecule has 62 heavy (non-hydrogen) atoms. The Morgan fingerprint density at radius 3 is 1.40 bits per heavy atom. The summed E-state index contributed by atoms with van der Waals surface area (Å²) in [7, 11) is 0. The van der Waals surface area contributed by atoms with Gasteiger partial charge in [0.25, 0.3) is 0 Å². The van der Waals surface area contributed by atoms with E-state index in [9.17, 15) is 61.3 Å². The van der Waals surface area contributed by atoms with Crippen LogP contribution in [-0.4, -0.2) is 80.8 Å². The molecule has 0 aliphatic carbocycles. The second-order valence-corrected chi connectivity index (χ2v) is 14.2. The zero-order chi connectivity index (χ0) is 43.5. The van der Waals surface area contributed by atoms with Crippen LogP contribution in [0.2, 0.25) is 0 Å². The minimum atomic E-state index is -1.39. The van der Waals surface area contributed by atoms with E-state index in [0.29, 0.717) is 44.7 Å². The number of hydrogen-bond donors (Lipinski definition) is 12. The minimum Gasteiger partial charge on any atom is -0.506 e. The highest BCUT2D eigenvalue weighted by atomic mass is 16.4. The Morgan fingerprint density at radius 2 is 0.806 bits per heavy atom. The molecule has 3 aromatic heterocycles. The van der Waals surface area contributed by atoms with Gasteiger partial charge >= 0.3 is 0 Å². The molecule has 306 valence electrons. The maximum absolute atomic E-state index is 12.0. The Balaban J connectivity index is 1.35. The average molecular weight is 833 g/mol. The lowest BCUT2D eigenvalue weighted by molar-refractivity contribution is 0.329. The van der Waals surface area contributed by atoms with E-state index in [1.54, 1.807) is 30.3 Å². The fourth-order valence-corrected chi connectivity index (χ4v) is 7.91. The number of benzene rings is 7. The summed E-state index contributed by atoms with van der Waals surface area (Å²) in [6, 6.07) is 28.4. The van der Waals surface area contributed by atoms with Gasteiger partial charge in [-0.3, -0.25) is 4.57 Å². The van der Waals surface area contributed by atoms with Crippen molar-refractivity contribution in [1.82, 2.24) is 19.5 Å². The molecule has 0 spiro atoms. The summed E-state index contributed by atoms with van der Waals surface area (Å²) in [5.74, 6) is -14.4. The summed E-state index contributed by atoms with van der Waals surface area (Å²) < 4.78 is 7.49. The third kappa shape index (κ3) is 4.98. The smallest absolute Gasteiger partial charge is 0.208 e. The van der Waals surface area contributed by atoms with Gasteiger partial charge in [0.1, 0.15) is 22.4 Å². The summed E-state index contributed by atoms with van der Waals surface area (Å²) in [5.41, 5.74) is -1.25. The van der Waals surface area contributed by atoms with Crippen LogP contribution in [0.25, 0.3) is 94.7 Å². The zero-order valence-electron chi connectivity index (χ0n) is 31.3. The molecule has 10 rings (SSSR count). The van der Waals surface area contributed by atoms with E-state index >= 15 is 0 Å². The Hall–Kier alpha value is -9.25. The molecule has 0 amide bonds. The van der Waals surface area contributed by atoms with Gasteiger partial charge in [-0.2, -0.15) is 0 Å². The van der Waals surface area contributed by atoms with Gasteiger partial charge in [-0.1, -0.05) is 78.9 Å². The van der Waals surface area contributed by atoms with Crippen LogP contribution in [-0.2, 0) is 0 Å². The monoisotopic (exact) mass is 832 g/mol. The molecule has 10 aromatic rings. The van der Waals surface area contributed by atoms with Gasteiger partial charge in [0, 0.05) is 27.5 Å². The van der Waals surface area contributed by atoms with Crippen molar-refractivity contribution in [1.29, 1.82) is 0 Å². The highest BCUT2D eigenvalue weighted by Gasteiger charge is 2.36. The third-order valence-electron chi connectivity index (χ3n) is 10.8. The summed E-state index contributed by atoms with van der Waals surface area (Å²) in [6.45, 7) is 0. The molecule has 0 unspecified atom stereocenters. The number of aromatic nitrogens is 4. The van der Waals surface area contributed by atoms with Crippen LogP contribution in [0, 0.1) is 0 Å². The largest absolute Gasteiger partial charge is 0.506 e. The lowest BCUT2D eigenvalue weighted by atomic mass is 9.96. The maximum Gasteiger partial charge on any atom is 0.208 e. The van der Waals surface area contributed by atoms with E-state index < -0.39 is 102 Å². The summed E-state index contributed by atoms with van der Waals surface area (Å²) >= 11 is 0. The van der Waals surface area contributed by atoms with E-state index in [4.69, 9.17) is 19.4 Å². The van der Waals surface area contributed by atoms with Crippen LogP contribution in [0.4, 0.5) is 0 Å². The van der Waals surface area contributed by atoms with Gasteiger partial charge in [-0.15, -0.1) is 0 Å². The van der Waals surface area contributed by atoms with Crippen molar-refractivity contribution in [2.75, 3.05) is 0 Å². The van der Waals surface area contributed by atoms with E-state index in [1.807, 2.05) is 60.7 Å². The van der Waals surface area contributed by atoms with Gasteiger partial charge in [0.15, 0.2) is 57.6 Å². The summed E-state index contributed by atoms with van der Waals surface area (Å²) in [5, 5.41) is 132. The number of rotatable bonds is 5. The fraction of sp³-hybridized carbons (Fsp3) is 0. The summed E-state index contributed by atoms with van der Waals surface area (Å²) in [4.78, 5) is 14.5. The van der Waals surface area contributed by atoms with Crippen molar-refractivity contribution in [3.63, 3.8) is 0 Å². The highest BCUT2D eigenvalue weighted by molar-refractivity contribution is 6.24. The van der Waals surface area contributed by atoms with Gasteiger partial charge in [0.2, 0.25) is 28.7 Å². The van der Waals surface area contributed by atoms with Crippen molar-refractivity contribution in [2.24, 2.45) is 0 Å². The maximum atomic E-state index is 12.0. The predicted octanol–water partition coefficient (Wildman–Crippen LogP) is 8.00. The first kappa shape index (κ1) is 37.0. The molecule has 17 heteroatoms. The number of phenols is 12. The first-order valence-corrected chi connectivity index (χ1v) is 18.4. The van der Waals surface area contributed by atoms with Crippen molar-refractivity contribution in [2.45, 2.75) is 0 Å². The molecule has 3 heterocycles. The zero-order valence-corrected chi connectivity index (χ0v) is 31.3. The van der Waals surface area contributed by atoms with E-state index in [0.717, 1.165) is 4.57 Å². The summed E-state index contributed by atoms with van der Waals surface area (Å²) in [6.07, 6.45) is 0. The average Bonchev–Trinajstić information content (AvgIpc) is 3.87. The second-order valence-electron chi connectivity index (χ2n) is 14.2. The lowest BCUT2D eigenvalue weighted by Gasteiger charge is -2.17. The molecule has 0 saturated heterocycles. The second kappa shape index (κ2) is 13.1. The number of hydrogen-bond acceptors (Lipinski definition) is 16. The van der Waals surface area contributed by atoms with Gasteiger partial charge in [0.05, 0.1) is 27.6 Å². The molecule has 0 fully saturated rings. The molecule has 0 aliphatic heterocycles. The van der Waals surface area contributed by atoms with Crippen molar-refractivity contribution in [3.05, 3.63) is 97.1 Å². The molecular formula is C45H28N4O13. The Labute approximate surface area is 345 Å². The number of para-hydroxylation sites is 1. The van der Waals surface area contributed by atoms with Crippen molar-refractivity contribution < 1.29 is 65.7 Å². The van der Waals surface area contributed by atoms with Crippen LogP contribution in [0.5, 0.6) is 69.0 Å². The third-order valence-corrected chi connectivity index (χ3v) is 10.8. The number of aromatic hydroxyl groups is 12. The number of phenolic OH excluding ortho intramolecular Hbond substituents is 12. The van der Waals surface area contributed by atoms with Gasteiger partial charge in [-0.25, -0.2) is 15.0 Å².